The van der Waals surface area contributed by atoms with Crippen molar-refractivity contribution in [2.75, 3.05) is 11.4 Å². The van der Waals surface area contributed by atoms with Crippen molar-refractivity contribution in [3.63, 3.8) is 0 Å². The van der Waals surface area contributed by atoms with E-state index in [-0.39, 0.29) is 12.5 Å². The van der Waals surface area contributed by atoms with Crippen molar-refractivity contribution in [2.24, 2.45) is 0 Å². The summed E-state index contributed by atoms with van der Waals surface area (Å²) in [7, 11) is 0. The minimum Gasteiger partial charge on any atom is -0.372 e. The Labute approximate surface area is 179 Å². The molecule has 1 aliphatic rings. The van der Waals surface area contributed by atoms with Gasteiger partial charge in [-0.25, -0.2) is 0 Å². The highest BCUT2D eigenvalue weighted by Crippen LogP contribution is 2.44. The van der Waals surface area contributed by atoms with Crippen molar-refractivity contribution in [2.45, 2.75) is 19.1 Å². The fraction of sp³-hybridized carbons (Fsp3) is 0.167. The topological polar surface area (TPSA) is 69.6 Å². The summed E-state index contributed by atoms with van der Waals surface area (Å²) in [5, 5.41) is 14.7. The Morgan fingerprint density at radius 1 is 1.07 bits per heavy atom. The van der Waals surface area contributed by atoms with E-state index in [0.29, 0.717) is 28.4 Å². The van der Waals surface area contributed by atoms with E-state index in [2.05, 4.69) is 5.32 Å². The molecule has 152 valence electrons. The van der Waals surface area contributed by atoms with Gasteiger partial charge in [0.05, 0.1) is 5.69 Å². The second-order valence-electron chi connectivity index (χ2n) is 7.39. The van der Waals surface area contributed by atoms with Gasteiger partial charge >= 0.3 is 0 Å². The number of nitrogens with zero attached hydrogens (tertiary/aromatic N) is 1. The van der Waals surface area contributed by atoms with E-state index in [1.165, 1.54) is 4.90 Å². The first-order valence-corrected chi connectivity index (χ1v) is 9.99. The van der Waals surface area contributed by atoms with Gasteiger partial charge in [-0.15, -0.1) is 0 Å². The van der Waals surface area contributed by atoms with Gasteiger partial charge in [-0.1, -0.05) is 71.8 Å². The number of hydrogen-bond donors (Lipinski definition) is 2. The summed E-state index contributed by atoms with van der Waals surface area (Å²) in [6.45, 7) is 2.17. The van der Waals surface area contributed by atoms with Crippen LogP contribution in [0.5, 0.6) is 0 Å². The van der Waals surface area contributed by atoms with Crippen molar-refractivity contribution in [3.05, 3.63) is 100 Å². The Hall–Kier alpha value is -3.15. The van der Waals surface area contributed by atoms with Gasteiger partial charge < -0.3 is 10.4 Å². The Morgan fingerprint density at radius 3 is 2.53 bits per heavy atom. The molecule has 30 heavy (non-hydrogen) atoms. The first-order chi connectivity index (χ1) is 14.4. The van der Waals surface area contributed by atoms with E-state index in [9.17, 15) is 14.7 Å². The van der Waals surface area contributed by atoms with Gasteiger partial charge in [-0.2, -0.15) is 0 Å². The molecule has 2 N–H and O–H groups in total. The standard InChI is InChI=1S/C24H21ClN2O3/c1-16-9-11-17(12-10-16)14-26-22(28)15-27-21-8-3-2-7-20(21)24(30,23(27)29)18-5-4-6-19(25)13-18/h2-13,30H,14-15H2,1H3,(H,26,28). The van der Waals surface area contributed by atoms with E-state index >= 15 is 0 Å². The van der Waals surface area contributed by atoms with Gasteiger partial charge in [-0.3, -0.25) is 14.5 Å². The molecule has 1 atom stereocenters. The molecule has 4 rings (SSSR count). The average molecular weight is 421 g/mol. The molecule has 6 heteroatoms. The Balaban J connectivity index is 1.57. The highest BCUT2D eigenvalue weighted by Gasteiger charge is 2.51. The smallest absolute Gasteiger partial charge is 0.268 e. The number of anilines is 1. The summed E-state index contributed by atoms with van der Waals surface area (Å²) in [6.07, 6.45) is 0. The molecule has 0 saturated heterocycles. The van der Waals surface area contributed by atoms with Gasteiger partial charge in [-0.05, 0) is 36.2 Å². The lowest BCUT2D eigenvalue weighted by atomic mass is 9.87. The minimum absolute atomic E-state index is 0.190. The van der Waals surface area contributed by atoms with Crippen LogP contribution in [0.15, 0.2) is 72.8 Å². The third kappa shape index (κ3) is 3.58. The van der Waals surface area contributed by atoms with Crippen LogP contribution in [0, 0.1) is 6.92 Å². The van der Waals surface area contributed by atoms with Crippen LogP contribution in [0.4, 0.5) is 5.69 Å². The van der Waals surface area contributed by atoms with Gasteiger partial charge in [0.1, 0.15) is 6.54 Å². The number of aliphatic hydroxyl groups is 1. The van der Waals surface area contributed by atoms with Crippen LogP contribution in [0.2, 0.25) is 5.02 Å². The molecule has 0 radical (unpaired) electrons. The summed E-state index contributed by atoms with van der Waals surface area (Å²) in [4.78, 5) is 27.2. The van der Waals surface area contributed by atoms with E-state index in [1.54, 1.807) is 48.5 Å². The lowest BCUT2D eigenvalue weighted by Crippen LogP contribution is -2.45. The number of hydrogen-bond acceptors (Lipinski definition) is 3. The number of benzene rings is 3. The summed E-state index contributed by atoms with van der Waals surface area (Å²) in [6, 6.07) is 21.4. The van der Waals surface area contributed by atoms with Gasteiger partial charge in [0, 0.05) is 17.1 Å². The van der Waals surface area contributed by atoms with Crippen molar-refractivity contribution in [3.8, 4) is 0 Å². The Morgan fingerprint density at radius 2 is 1.80 bits per heavy atom. The largest absolute Gasteiger partial charge is 0.372 e. The van der Waals surface area contributed by atoms with Gasteiger partial charge in [0.2, 0.25) is 5.91 Å². The third-order valence-corrected chi connectivity index (χ3v) is 5.53. The molecule has 5 nitrogen and oxygen atoms in total. The van der Waals surface area contributed by atoms with E-state index in [1.807, 2.05) is 31.2 Å². The fourth-order valence-electron chi connectivity index (χ4n) is 3.69. The minimum atomic E-state index is -1.89. The fourth-order valence-corrected chi connectivity index (χ4v) is 3.88. The van der Waals surface area contributed by atoms with Crippen molar-refractivity contribution in [1.29, 1.82) is 0 Å². The third-order valence-electron chi connectivity index (χ3n) is 5.29. The second kappa shape index (κ2) is 7.94. The van der Waals surface area contributed by atoms with Crippen molar-refractivity contribution < 1.29 is 14.7 Å². The maximum atomic E-state index is 13.3. The maximum absolute atomic E-state index is 13.3. The van der Waals surface area contributed by atoms with Crippen molar-refractivity contribution >= 4 is 29.1 Å². The summed E-state index contributed by atoms with van der Waals surface area (Å²) >= 11 is 6.09. The van der Waals surface area contributed by atoms with Crippen molar-refractivity contribution in [1.82, 2.24) is 5.32 Å². The highest BCUT2D eigenvalue weighted by molar-refractivity contribution is 6.30. The molecule has 1 aliphatic heterocycles. The molecular weight excluding hydrogens is 400 g/mol. The molecule has 1 heterocycles. The first-order valence-electron chi connectivity index (χ1n) is 9.62. The number of para-hydroxylation sites is 1. The monoisotopic (exact) mass is 420 g/mol. The van der Waals surface area contributed by atoms with E-state index in [4.69, 9.17) is 11.6 Å². The maximum Gasteiger partial charge on any atom is 0.268 e. The Kier molecular flexibility index (Phi) is 5.33. The number of halogens is 1. The van der Waals surface area contributed by atoms with Crippen LogP contribution in [0.3, 0.4) is 0 Å². The molecule has 2 amide bonds. The number of amides is 2. The number of fused-ring (bicyclic) bond motifs is 1. The zero-order valence-corrected chi connectivity index (χ0v) is 17.2. The van der Waals surface area contributed by atoms with Crippen LogP contribution in [0.1, 0.15) is 22.3 Å². The van der Waals surface area contributed by atoms with Gasteiger partial charge in [0.15, 0.2) is 5.60 Å². The molecular formula is C24H21ClN2O3. The first kappa shape index (κ1) is 20.1. The second-order valence-corrected chi connectivity index (χ2v) is 7.83. The molecule has 1 unspecified atom stereocenters. The summed E-state index contributed by atoms with van der Waals surface area (Å²) in [5.41, 5.74) is 1.54. The number of nitrogens with one attached hydrogen (secondary N) is 1. The molecule has 0 bridgehead atoms. The van der Waals surface area contributed by atoms with Crippen LogP contribution in [0.25, 0.3) is 0 Å². The Bertz CT molecular complexity index is 1110. The van der Waals surface area contributed by atoms with Crippen LogP contribution in [-0.4, -0.2) is 23.5 Å². The SMILES string of the molecule is Cc1ccc(CNC(=O)CN2C(=O)C(O)(c3cccc(Cl)c3)c3ccccc32)cc1. The predicted molar refractivity (Wildman–Crippen MR) is 116 cm³/mol. The summed E-state index contributed by atoms with van der Waals surface area (Å²) < 4.78 is 0. The number of carbonyl (C=O) groups is 2. The average Bonchev–Trinajstić information content (AvgIpc) is 2.96. The lowest BCUT2D eigenvalue weighted by Gasteiger charge is -2.23. The molecule has 0 aromatic heterocycles. The number of aryl methyl sites for hydroxylation is 1. The quantitative estimate of drug-likeness (QED) is 0.663. The predicted octanol–water partition coefficient (Wildman–Crippen LogP) is 3.55. The summed E-state index contributed by atoms with van der Waals surface area (Å²) in [5.74, 6) is -0.884. The van der Waals surface area contributed by atoms with Gasteiger partial charge in [0.25, 0.3) is 5.91 Å². The lowest BCUT2D eigenvalue weighted by molar-refractivity contribution is -0.133. The number of carbonyl (C=O) groups excluding carboxylic acids is 2. The highest BCUT2D eigenvalue weighted by atomic mass is 35.5. The number of rotatable bonds is 5. The normalized spacial score (nSPS) is 17.7. The van der Waals surface area contributed by atoms with Crippen LogP contribution in [-0.2, 0) is 21.7 Å². The van der Waals surface area contributed by atoms with Crippen LogP contribution >= 0.6 is 11.6 Å². The molecule has 0 saturated carbocycles. The van der Waals surface area contributed by atoms with E-state index in [0.717, 1.165) is 11.1 Å². The van der Waals surface area contributed by atoms with E-state index < -0.39 is 11.5 Å². The van der Waals surface area contributed by atoms with Crippen LogP contribution < -0.4 is 10.2 Å². The zero-order valence-electron chi connectivity index (χ0n) is 16.4. The molecule has 3 aromatic rings. The molecule has 0 fully saturated rings. The zero-order chi connectivity index (χ0) is 21.3. The molecule has 0 aliphatic carbocycles. The molecule has 0 spiro atoms. The molecule has 3 aromatic carbocycles.